The predicted octanol–water partition coefficient (Wildman–Crippen LogP) is 3.85. The highest BCUT2D eigenvalue weighted by Crippen LogP contribution is 2.68. The van der Waals surface area contributed by atoms with Crippen LogP contribution in [0.4, 0.5) is 0 Å². The van der Waals surface area contributed by atoms with Crippen LogP contribution in [0.2, 0.25) is 0 Å². The van der Waals surface area contributed by atoms with Crippen LogP contribution >= 0.6 is 0 Å². The Morgan fingerprint density at radius 2 is 1.62 bits per heavy atom. The zero-order chi connectivity index (χ0) is 16.5. The normalized spacial score (nSPS) is 43.0. The minimum absolute atomic E-state index is 0.00176. The van der Waals surface area contributed by atoms with Crippen molar-refractivity contribution in [3.05, 3.63) is 23.3 Å². The van der Waals surface area contributed by atoms with E-state index < -0.39 is 0 Å². The average Bonchev–Trinajstić information content (AvgIpc) is 2.56. The van der Waals surface area contributed by atoms with Crippen molar-refractivity contribution in [3.63, 3.8) is 0 Å². The molecule has 0 radical (unpaired) electrons. The molecule has 1 aromatic rings. The molecule has 3 heteroatoms. The summed E-state index contributed by atoms with van der Waals surface area (Å²) < 4.78 is 0. The first-order chi connectivity index (χ1) is 11.6. The monoisotopic (exact) mass is 327 g/mol. The molecule has 4 N–H and O–H groups in total. The fraction of sp³-hybridized carbons (Fsp3) is 0.714. The van der Waals surface area contributed by atoms with Gasteiger partial charge < -0.3 is 15.9 Å². The third-order valence-corrected chi connectivity index (χ3v) is 8.21. The lowest BCUT2D eigenvalue weighted by Crippen LogP contribution is -2.60. The Bertz CT molecular complexity index is 647. The topological polar surface area (TPSA) is 66.5 Å². The molecule has 4 saturated carbocycles. The molecule has 0 amide bonds. The Balaban J connectivity index is 1.68. The zero-order valence-corrected chi connectivity index (χ0v) is 14.4. The molecule has 0 spiro atoms. The minimum Gasteiger partial charge on any atom is -0.504 e. The summed E-state index contributed by atoms with van der Waals surface area (Å²) in [4.78, 5) is 0. The highest BCUT2D eigenvalue weighted by atomic mass is 16.3. The molecule has 3 nitrogen and oxygen atoms in total. The molecular weight excluding hydrogens is 298 g/mol. The molecule has 1 atom stereocenters. The molecular formula is C21H29NO2. The Kier molecular flexibility index (Phi) is 3.08. The number of aromatic hydroxyl groups is 2. The van der Waals surface area contributed by atoms with Crippen LogP contribution in [-0.4, -0.2) is 16.8 Å². The molecule has 6 rings (SSSR count). The largest absolute Gasteiger partial charge is 0.504 e. The van der Waals surface area contributed by atoms with E-state index in [1.54, 1.807) is 6.07 Å². The fourth-order valence-corrected chi connectivity index (χ4v) is 7.70. The van der Waals surface area contributed by atoms with Crippen molar-refractivity contribution in [2.75, 3.05) is 6.54 Å². The predicted molar refractivity (Wildman–Crippen MR) is 94.0 cm³/mol. The van der Waals surface area contributed by atoms with Crippen LogP contribution in [0.5, 0.6) is 11.5 Å². The average molecular weight is 327 g/mol. The maximum absolute atomic E-state index is 10.5. The summed E-state index contributed by atoms with van der Waals surface area (Å²) in [5, 5.41) is 20.4. The van der Waals surface area contributed by atoms with Crippen LogP contribution in [0.3, 0.4) is 0 Å². The molecule has 1 unspecified atom stereocenters. The van der Waals surface area contributed by atoms with Crippen molar-refractivity contribution in [1.82, 2.24) is 0 Å². The molecule has 0 aromatic heterocycles. The van der Waals surface area contributed by atoms with Gasteiger partial charge in [0.15, 0.2) is 11.5 Å². The molecule has 24 heavy (non-hydrogen) atoms. The van der Waals surface area contributed by atoms with Gasteiger partial charge in [-0.1, -0.05) is 6.07 Å². The van der Waals surface area contributed by atoms with Gasteiger partial charge in [-0.05, 0) is 92.6 Å². The van der Waals surface area contributed by atoms with Crippen LogP contribution < -0.4 is 5.73 Å². The van der Waals surface area contributed by atoms with Crippen LogP contribution in [-0.2, 0) is 11.8 Å². The standard InChI is InChI=1S/C21H29NO2/c22-12-21(5-1-2-16-17(21)3-4-18(23)19(16)24)20-9-13-6-14(10-20)8-15(7-13)11-20/h3-4,13-15,23-24H,1-2,5-12,22H2. The Hall–Kier alpha value is -1.22. The first kappa shape index (κ1) is 15.1. The van der Waals surface area contributed by atoms with E-state index in [9.17, 15) is 10.2 Å². The van der Waals surface area contributed by atoms with Crippen LogP contribution in [0.15, 0.2) is 12.1 Å². The van der Waals surface area contributed by atoms with E-state index in [-0.39, 0.29) is 16.9 Å². The van der Waals surface area contributed by atoms with E-state index in [0.29, 0.717) is 12.0 Å². The lowest BCUT2D eigenvalue weighted by atomic mass is 9.40. The second-order valence-electron chi connectivity index (χ2n) is 9.30. The molecule has 0 aliphatic heterocycles. The molecule has 130 valence electrons. The van der Waals surface area contributed by atoms with E-state index >= 15 is 0 Å². The van der Waals surface area contributed by atoms with Gasteiger partial charge in [-0.2, -0.15) is 0 Å². The molecule has 1 aromatic carbocycles. The summed E-state index contributed by atoms with van der Waals surface area (Å²) in [6, 6.07) is 3.76. The van der Waals surface area contributed by atoms with Crippen LogP contribution in [0, 0.1) is 23.2 Å². The van der Waals surface area contributed by atoms with Crippen molar-refractivity contribution in [1.29, 1.82) is 0 Å². The van der Waals surface area contributed by atoms with E-state index in [0.717, 1.165) is 42.6 Å². The highest BCUT2D eigenvalue weighted by molar-refractivity contribution is 5.54. The number of hydrogen-bond acceptors (Lipinski definition) is 3. The maximum atomic E-state index is 10.5. The van der Waals surface area contributed by atoms with Crippen molar-refractivity contribution in [3.8, 4) is 11.5 Å². The SMILES string of the molecule is NCC1(C23CC4CC(CC(C4)C2)C3)CCCc2c1ccc(O)c2O. The van der Waals surface area contributed by atoms with Gasteiger partial charge in [0.05, 0.1) is 0 Å². The van der Waals surface area contributed by atoms with Crippen LogP contribution in [0.25, 0.3) is 0 Å². The number of phenols is 2. The summed E-state index contributed by atoms with van der Waals surface area (Å²) in [6.07, 6.45) is 11.4. The van der Waals surface area contributed by atoms with Gasteiger partial charge in [0.1, 0.15) is 0 Å². The smallest absolute Gasteiger partial charge is 0.160 e. The fourth-order valence-electron chi connectivity index (χ4n) is 7.70. The second-order valence-corrected chi connectivity index (χ2v) is 9.30. The van der Waals surface area contributed by atoms with Crippen molar-refractivity contribution < 1.29 is 10.2 Å². The molecule has 0 heterocycles. The van der Waals surface area contributed by atoms with Crippen molar-refractivity contribution >= 4 is 0 Å². The van der Waals surface area contributed by atoms with E-state index in [1.165, 1.54) is 44.1 Å². The molecule has 5 aliphatic carbocycles. The van der Waals surface area contributed by atoms with Crippen LogP contribution in [0.1, 0.15) is 62.5 Å². The Morgan fingerprint density at radius 1 is 1.00 bits per heavy atom. The number of phenolic OH excluding ortho intramolecular Hbond substituents is 2. The second kappa shape index (κ2) is 4.91. The number of fused-ring (bicyclic) bond motifs is 1. The highest BCUT2D eigenvalue weighted by Gasteiger charge is 2.61. The third kappa shape index (κ3) is 1.77. The van der Waals surface area contributed by atoms with Gasteiger partial charge >= 0.3 is 0 Å². The molecule has 0 saturated heterocycles. The van der Waals surface area contributed by atoms with Gasteiger partial charge in [-0.3, -0.25) is 0 Å². The van der Waals surface area contributed by atoms with Gasteiger partial charge in [0.2, 0.25) is 0 Å². The first-order valence-electron chi connectivity index (χ1n) is 9.81. The van der Waals surface area contributed by atoms with E-state index in [2.05, 4.69) is 6.07 Å². The van der Waals surface area contributed by atoms with E-state index in [4.69, 9.17) is 5.73 Å². The lowest BCUT2D eigenvalue weighted by molar-refractivity contribution is -0.103. The molecule has 4 fully saturated rings. The van der Waals surface area contributed by atoms with Gasteiger partial charge in [-0.15, -0.1) is 0 Å². The van der Waals surface area contributed by atoms with Crippen molar-refractivity contribution in [2.45, 2.75) is 63.2 Å². The summed E-state index contributed by atoms with van der Waals surface area (Å²) >= 11 is 0. The summed E-state index contributed by atoms with van der Waals surface area (Å²) in [7, 11) is 0. The minimum atomic E-state index is 0.00176. The maximum Gasteiger partial charge on any atom is 0.160 e. The number of hydrogen-bond donors (Lipinski definition) is 3. The third-order valence-electron chi connectivity index (χ3n) is 8.21. The quantitative estimate of drug-likeness (QED) is 0.723. The summed E-state index contributed by atoms with van der Waals surface area (Å²) in [5.74, 6) is 2.82. The van der Waals surface area contributed by atoms with Gasteiger partial charge in [0.25, 0.3) is 0 Å². The van der Waals surface area contributed by atoms with Gasteiger partial charge in [0, 0.05) is 17.5 Å². The van der Waals surface area contributed by atoms with E-state index in [1.807, 2.05) is 0 Å². The Morgan fingerprint density at radius 3 is 2.21 bits per heavy atom. The number of rotatable bonds is 2. The molecule has 4 bridgehead atoms. The Labute approximate surface area is 144 Å². The zero-order valence-electron chi connectivity index (χ0n) is 14.4. The van der Waals surface area contributed by atoms with Crippen molar-refractivity contribution in [2.24, 2.45) is 28.9 Å². The number of nitrogens with two attached hydrogens (primary N) is 1. The first-order valence-corrected chi connectivity index (χ1v) is 9.81. The lowest BCUT2D eigenvalue weighted by Gasteiger charge is -2.65. The summed E-state index contributed by atoms with van der Waals surface area (Å²) in [6.45, 7) is 0.677. The summed E-state index contributed by atoms with van der Waals surface area (Å²) in [5.41, 5.74) is 9.08. The van der Waals surface area contributed by atoms with Gasteiger partial charge in [-0.25, -0.2) is 0 Å². The molecule has 5 aliphatic rings. The number of benzene rings is 1.